The highest BCUT2D eigenvalue weighted by Crippen LogP contribution is 2.20. The molecule has 1 unspecified atom stereocenters. The van der Waals surface area contributed by atoms with Gasteiger partial charge in [0.25, 0.3) is 0 Å². The summed E-state index contributed by atoms with van der Waals surface area (Å²) in [5.41, 5.74) is 2.83. The summed E-state index contributed by atoms with van der Waals surface area (Å²) in [7, 11) is 0. The smallest absolute Gasteiger partial charge is 0.137 e. The third kappa shape index (κ3) is 3.70. The predicted molar refractivity (Wildman–Crippen MR) is 84.3 cm³/mol. The number of benzene rings is 1. The van der Waals surface area contributed by atoms with Crippen LogP contribution in [-0.2, 0) is 17.8 Å². The Bertz CT molecular complexity index is 471. The average molecular weight is 287 g/mol. The Morgan fingerprint density at radius 1 is 1.14 bits per heavy atom. The Morgan fingerprint density at radius 3 is 2.67 bits per heavy atom. The molecule has 0 amide bonds. The number of rotatable bonds is 5. The van der Waals surface area contributed by atoms with E-state index in [0.717, 1.165) is 64.9 Å². The molecule has 0 radical (unpaired) electrons. The fraction of sp³-hybridized carbons (Fsp3) is 0.588. The molecule has 1 aromatic rings. The van der Waals surface area contributed by atoms with Crippen molar-refractivity contribution in [2.24, 2.45) is 0 Å². The van der Waals surface area contributed by atoms with Crippen LogP contribution in [0.1, 0.15) is 17.5 Å². The van der Waals surface area contributed by atoms with Crippen LogP contribution in [0.3, 0.4) is 0 Å². The van der Waals surface area contributed by atoms with Gasteiger partial charge in [-0.3, -0.25) is 4.90 Å². The number of carbonyl (C=O) groups is 1. The van der Waals surface area contributed by atoms with E-state index in [9.17, 15) is 4.79 Å². The van der Waals surface area contributed by atoms with Crippen LogP contribution in [0.5, 0.6) is 0 Å². The first-order valence-electron chi connectivity index (χ1n) is 8.06. The van der Waals surface area contributed by atoms with Crippen molar-refractivity contribution in [1.29, 1.82) is 0 Å². The normalized spacial score (nSPS) is 21.7. The molecule has 2 aliphatic heterocycles. The minimum Gasteiger partial charge on any atom is -0.314 e. The Morgan fingerprint density at radius 2 is 1.90 bits per heavy atom. The van der Waals surface area contributed by atoms with Gasteiger partial charge < -0.3 is 15.0 Å². The number of carbonyl (C=O) groups excluding carboxylic acids is 1. The van der Waals surface area contributed by atoms with Gasteiger partial charge in [-0.25, -0.2) is 0 Å². The lowest BCUT2D eigenvalue weighted by Crippen LogP contribution is -2.46. The van der Waals surface area contributed by atoms with Crippen LogP contribution < -0.4 is 5.32 Å². The molecule has 1 N–H and O–H groups in total. The zero-order valence-electron chi connectivity index (χ0n) is 12.6. The van der Waals surface area contributed by atoms with Gasteiger partial charge in [-0.2, -0.15) is 0 Å². The molecule has 1 aromatic carbocycles. The van der Waals surface area contributed by atoms with Gasteiger partial charge in [0.15, 0.2) is 0 Å². The van der Waals surface area contributed by atoms with Gasteiger partial charge in [0, 0.05) is 45.8 Å². The van der Waals surface area contributed by atoms with E-state index in [1.54, 1.807) is 0 Å². The van der Waals surface area contributed by atoms with Gasteiger partial charge >= 0.3 is 0 Å². The van der Waals surface area contributed by atoms with Gasteiger partial charge in [-0.1, -0.05) is 24.3 Å². The Hall–Kier alpha value is -1.23. The minimum atomic E-state index is 0.0632. The van der Waals surface area contributed by atoms with E-state index in [2.05, 4.69) is 39.4 Å². The molecule has 1 fully saturated rings. The zero-order valence-corrected chi connectivity index (χ0v) is 12.6. The van der Waals surface area contributed by atoms with Crippen LogP contribution in [0.4, 0.5) is 0 Å². The second kappa shape index (κ2) is 7.16. The fourth-order valence-electron chi connectivity index (χ4n) is 3.39. The number of piperazine rings is 1. The molecular weight excluding hydrogens is 262 g/mol. The number of fused-ring (bicyclic) bond motifs is 1. The highest BCUT2D eigenvalue weighted by atomic mass is 16.1. The standard InChI is InChI=1S/C17H25N3O/c21-14-17(6-9-19-11-7-18-8-12-19)20-10-5-15-3-1-2-4-16(15)13-20/h1-4,14,17-18H,5-13H2. The molecule has 114 valence electrons. The van der Waals surface area contributed by atoms with Crippen LogP contribution in [0.25, 0.3) is 0 Å². The number of hydrogen-bond donors (Lipinski definition) is 1. The summed E-state index contributed by atoms with van der Waals surface area (Å²) in [6.45, 7) is 7.31. The average Bonchev–Trinajstić information content (AvgIpc) is 2.56. The van der Waals surface area contributed by atoms with E-state index in [1.165, 1.54) is 11.1 Å². The molecule has 4 nitrogen and oxygen atoms in total. The quantitative estimate of drug-likeness (QED) is 0.817. The summed E-state index contributed by atoms with van der Waals surface area (Å²) in [4.78, 5) is 16.3. The largest absolute Gasteiger partial charge is 0.314 e. The molecule has 1 atom stereocenters. The van der Waals surface area contributed by atoms with E-state index in [0.29, 0.717) is 0 Å². The molecule has 4 heteroatoms. The lowest BCUT2D eigenvalue weighted by atomic mass is 9.98. The summed E-state index contributed by atoms with van der Waals surface area (Å²) in [5.74, 6) is 0. The van der Waals surface area contributed by atoms with E-state index in [4.69, 9.17) is 0 Å². The van der Waals surface area contributed by atoms with E-state index in [-0.39, 0.29) is 6.04 Å². The summed E-state index contributed by atoms with van der Waals surface area (Å²) in [5, 5.41) is 3.37. The molecule has 0 bridgehead atoms. The summed E-state index contributed by atoms with van der Waals surface area (Å²) >= 11 is 0. The highest BCUT2D eigenvalue weighted by molar-refractivity contribution is 5.57. The number of hydrogen-bond acceptors (Lipinski definition) is 4. The number of nitrogens with one attached hydrogen (secondary N) is 1. The monoisotopic (exact) mass is 287 g/mol. The molecule has 21 heavy (non-hydrogen) atoms. The first-order chi connectivity index (χ1) is 10.4. The van der Waals surface area contributed by atoms with Crippen LogP contribution >= 0.6 is 0 Å². The van der Waals surface area contributed by atoms with Gasteiger partial charge in [0.2, 0.25) is 0 Å². The molecule has 2 aliphatic rings. The zero-order chi connectivity index (χ0) is 14.5. The van der Waals surface area contributed by atoms with Gasteiger partial charge in [0.05, 0.1) is 6.04 Å². The SMILES string of the molecule is O=CC(CCN1CCNCC1)N1CCc2ccccc2C1. The molecule has 0 aliphatic carbocycles. The van der Waals surface area contributed by atoms with Crippen molar-refractivity contribution in [3.8, 4) is 0 Å². The maximum atomic E-state index is 11.5. The lowest BCUT2D eigenvalue weighted by molar-refractivity contribution is -0.113. The fourth-order valence-corrected chi connectivity index (χ4v) is 3.39. The minimum absolute atomic E-state index is 0.0632. The second-order valence-corrected chi connectivity index (χ2v) is 6.07. The lowest BCUT2D eigenvalue weighted by Gasteiger charge is -2.34. The van der Waals surface area contributed by atoms with Gasteiger partial charge in [-0.15, -0.1) is 0 Å². The third-order valence-corrected chi connectivity index (χ3v) is 4.74. The molecule has 0 saturated carbocycles. The van der Waals surface area contributed by atoms with Crippen molar-refractivity contribution in [2.75, 3.05) is 39.3 Å². The van der Waals surface area contributed by atoms with Crippen molar-refractivity contribution >= 4 is 6.29 Å². The van der Waals surface area contributed by atoms with Crippen molar-refractivity contribution in [3.05, 3.63) is 35.4 Å². The maximum Gasteiger partial charge on any atom is 0.137 e. The molecule has 3 rings (SSSR count). The molecule has 1 saturated heterocycles. The van der Waals surface area contributed by atoms with Crippen molar-refractivity contribution < 1.29 is 4.79 Å². The topological polar surface area (TPSA) is 35.6 Å². The van der Waals surface area contributed by atoms with Crippen LogP contribution in [0.2, 0.25) is 0 Å². The van der Waals surface area contributed by atoms with Crippen LogP contribution in [0, 0.1) is 0 Å². The summed E-state index contributed by atoms with van der Waals surface area (Å²) in [6, 6.07) is 8.67. The Labute approximate surface area is 127 Å². The molecule has 2 heterocycles. The summed E-state index contributed by atoms with van der Waals surface area (Å²) in [6.07, 6.45) is 3.16. The van der Waals surface area contributed by atoms with Crippen molar-refractivity contribution in [3.63, 3.8) is 0 Å². The van der Waals surface area contributed by atoms with Crippen LogP contribution in [0.15, 0.2) is 24.3 Å². The predicted octanol–water partition coefficient (Wildman–Crippen LogP) is 0.908. The molecule has 0 spiro atoms. The Kier molecular flexibility index (Phi) is 5.01. The van der Waals surface area contributed by atoms with Gasteiger partial charge in [-0.05, 0) is 24.0 Å². The Balaban J connectivity index is 1.55. The second-order valence-electron chi connectivity index (χ2n) is 6.07. The first kappa shape index (κ1) is 14.7. The molecular formula is C17H25N3O. The van der Waals surface area contributed by atoms with E-state index < -0.39 is 0 Å². The molecule has 0 aromatic heterocycles. The van der Waals surface area contributed by atoms with E-state index in [1.807, 2.05) is 0 Å². The van der Waals surface area contributed by atoms with Crippen molar-refractivity contribution in [2.45, 2.75) is 25.4 Å². The maximum absolute atomic E-state index is 11.5. The van der Waals surface area contributed by atoms with Crippen molar-refractivity contribution in [1.82, 2.24) is 15.1 Å². The summed E-state index contributed by atoms with van der Waals surface area (Å²) < 4.78 is 0. The van der Waals surface area contributed by atoms with E-state index >= 15 is 0 Å². The number of aldehydes is 1. The third-order valence-electron chi connectivity index (χ3n) is 4.74. The highest BCUT2D eigenvalue weighted by Gasteiger charge is 2.23. The van der Waals surface area contributed by atoms with Crippen LogP contribution in [-0.4, -0.2) is 61.4 Å². The first-order valence-corrected chi connectivity index (χ1v) is 8.06. The number of nitrogens with zero attached hydrogens (tertiary/aromatic N) is 2. The van der Waals surface area contributed by atoms with Gasteiger partial charge in [0.1, 0.15) is 6.29 Å².